The number of benzene rings is 1. The molecule has 1 aromatic rings. The summed E-state index contributed by atoms with van der Waals surface area (Å²) in [6, 6.07) is 8.13. The summed E-state index contributed by atoms with van der Waals surface area (Å²) in [4.78, 5) is 11.6. The zero-order valence-electron chi connectivity index (χ0n) is 12.6. The molecule has 0 fully saturated rings. The molecule has 0 atom stereocenters. The SMILES string of the molecule is CC(C)(C)OC(=O)Nc1cc[c]([Sn][C](C)(C)C)cc1. The zero-order valence-corrected chi connectivity index (χ0v) is 15.5. The molecule has 4 heteroatoms. The van der Waals surface area contributed by atoms with E-state index in [9.17, 15) is 4.79 Å². The summed E-state index contributed by atoms with van der Waals surface area (Å²) in [5.41, 5.74) is 0.316. The predicted molar refractivity (Wildman–Crippen MR) is 81.4 cm³/mol. The van der Waals surface area contributed by atoms with Crippen LogP contribution in [0.2, 0.25) is 3.43 Å². The van der Waals surface area contributed by atoms with Gasteiger partial charge in [0.05, 0.1) is 0 Å². The fourth-order valence-corrected chi connectivity index (χ4v) is 4.91. The van der Waals surface area contributed by atoms with E-state index in [0.717, 1.165) is 5.69 Å². The molecular weight excluding hydrogens is 345 g/mol. The molecule has 1 aromatic carbocycles. The monoisotopic (exact) mass is 369 g/mol. The first-order valence-electron chi connectivity index (χ1n) is 6.43. The molecule has 3 nitrogen and oxygen atoms in total. The molecule has 1 amide bonds. The average Bonchev–Trinajstić information content (AvgIpc) is 2.15. The molecule has 0 aliphatic heterocycles. The Balaban J connectivity index is 2.60. The number of hydrogen-bond donors (Lipinski definition) is 1. The van der Waals surface area contributed by atoms with Crippen molar-refractivity contribution in [3.63, 3.8) is 0 Å². The van der Waals surface area contributed by atoms with Gasteiger partial charge < -0.3 is 0 Å². The van der Waals surface area contributed by atoms with Crippen LogP contribution in [0.4, 0.5) is 10.5 Å². The minimum atomic E-state index is -0.579. The number of carbonyl (C=O) groups is 1. The third kappa shape index (κ3) is 7.45. The van der Waals surface area contributed by atoms with Crippen LogP contribution < -0.4 is 8.90 Å². The number of amides is 1. The Morgan fingerprint density at radius 1 is 1.05 bits per heavy atom. The number of ether oxygens (including phenoxy) is 1. The summed E-state index contributed by atoms with van der Waals surface area (Å²) in [5.74, 6) is 0. The second-order valence-electron chi connectivity index (χ2n) is 6.58. The van der Waals surface area contributed by atoms with E-state index in [1.165, 1.54) is 3.58 Å². The van der Waals surface area contributed by atoms with E-state index < -0.39 is 32.8 Å². The van der Waals surface area contributed by atoms with Crippen molar-refractivity contribution in [1.29, 1.82) is 0 Å². The van der Waals surface area contributed by atoms with Gasteiger partial charge in [-0.05, 0) is 0 Å². The molecular formula is C15H23NO2Sn. The van der Waals surface area contributed by atoms with E-state index in [0.29, 0.717) is 3.43 Å². The quantitative estimate of drug-likeness (QED) is 0.811. The Kier molecular flexibility index (Phi) is 5.30. The Hall–Kier alpha value is -0.711. The standard InChI is InChI=1S/C11H14NO2.C4H9.Sn/c1-11(2,3)14-10(13)12-9-7-5-4-6-8-9;1-4(2)3;/h5-8H,1-3H3,(H,12,13);1-3H3;. The predicted octanol–water partition coefficient (Wildman–Crippen LogP) is 3.58. The number of hydrogen-bond acceptors (Lipinski definition) is 2. The van der Waals surface area contributed by atoms with Crippen LogP contribution in [0.5, 0.6) is 0 Å². The van der Waals surface area contributed by atoms with E-state index in [1.54, 1.807) is 0 Å². The first kappa shape index (κ1) is 16.3. The van der Waals surface area contributed by atoms with Gasteiger partial charge in [0, 0.05) is 0 Å². The van der Waals surface area contributed by atoms with Crippen molar-refractivity contribution in [2.24, 2.45) is 0 Å². The Bertz CT molecular complexity index is 427. The van der Waals surface area contributed by atoms with E-state index in [1.807, 2.05) is 32.9 Å². The van der Waals surface area contributed by atoms with Gasteiger partial charge in [-0.2, -0.15) is 0 Å². The summed E-state index contributed by atoms with van der Waals surface area (Å²) in [5, 5.41) is 2.75. The van der Waals surface area contributed by atoms with E-state index in [2.05, 4.69) is 38.2 Å². The first-order valence-corrected chi connectivity index (χ1v) is 9.29. The van der Waals surface area contributed by atoms with Gasteiger partial charge in [0.2, 0.25) is 0 Å². The summed E-state index contributed by atoms with van der Waals surface area (Å²) in [7, 11) is 0. The molecule has 104 valence electrons. The molecule has 19 heavy (non-hydrogen) atoms. The van der Waals surface area contributed by atoms with Crippen LogP contribution in [-0.4, -0.2) is 32.8 Å². The normalized spacial score (nSPS) is 12.1. The van der Waals surface area contributed by atoms with Gasteiger partial charge in [-0.3, -0.25) is 0 Å². The van der Waals surface area contributed by atoms with Crippen LogP contribution in [0, 0.1) is 0 Å². The number of nitrogens with one attached hydrogen (secondary N) is 1. The van der Waals surface area contributed by atoms with Gasteiger partial charge in [0.15, 0.2) is 0 Å². The van der Waals surface area contributed by atoms with Gasteiger partial charge in [0.25, 0.3) is 0 Å². The zero-order chi connectivity index (χ0) is 14.7. The molecule has 0 spiro atoms. The Morgan fingerprint density at radius 3 is 2.00 bits per heavy atom. The summed E-state index contributed by atoms with van der Waals surface area (Å²) in [6.07, 6.45) is -0.406. The molecule has 1 rings (SSSR count). The molecule has 0 saturated heterocycles. The van der Waals surface area contributed by atoms with Crippen LogP contribution in [0.15, 0.2) is 24.3 Å². The third-order valence-electron chi connectivity index (χ3n) is 2.05. The number of anilines is 1. The van der Waals surface area contributed by atoms with Crippen molar-refractivity contribution >= 4 is 36.5 Å². The van der Waals surface area contributed by atoms with Crippen LogP contribution >= 0.6 is 0 Å². The number of carbonyl (C=O) groups excluding carboxylic acids is 1. The molecule has 0 aromatic heterocycles. The van der Waals surface area contributed by atoms with Crippen molar-refractivity contribution < 1.29 is 9.53 Å². The van der Waals surface area contributed by atoms with Gasteiger partial charge in [-0.25, -0.2) is 0 Å². The topological polar surface area (TPSA) is 38.3 Å². The van der Waals surface area contributed by atoms with Crippen LogP contribution in [-0.2, 0) is 4.74 Å². The Labute approximate surface area is 126 Å². The van der Waals surface area contributed by atoms with Gasteiger partial charge in [0.1, 0.15) is 0 Å². The Morgan fingerprint density at radius 2 is 1.58 bits per heavy atom. The summed E-state index contributed by atoms with van der Waals surface area (Å²) in [6.45, 7) is 12.4. The van der Waals surface area contributed by atoms with Gasteiger partial charge in [-0.15, -0.1) is 0 Å². The fraction of sp³-hybridized carbons (Fsp3) is 0.533. The maximum absolute atomic E-state index is 11.6. The molecule has 0 bridgehead atoms. The maximum atomic E-state index is 11.6. The average molecular weight is 368 g/mol. The first-order chi connectivity index (χ1) is 8.55. The molecule has 0 heterocycles. The van der Waals surface area contributed by atoms with Crippen molar-refractivity contribution in [2.75, 3.05) is 5.32 Å². The van der Waals surface area contributed by atoms with Crippen LogP contribution in [0.1, 0.15) is 41.5 Å². The number of rotatable bonds is 2. The van der Waals surface area contributed by atoms with Gasteiger partial charge in [-0.1, -0.05) is 0 Å². The van der Waals surface area contributed by atoms with E-state index >= 15 is 0 Å². The molecule has 2 radical (unpaired) electrons. The van der Waals surface area contributed by atoms with Crippen molar-refractivity contribution in [3.05, 3.63) is 24.3 Å². The van der Waals surface area contributed by atoms with Gasteiger partial charge >= 0.3 is 126 Å². The fourth-order valence-electron chi connectivity index (χ4n) is 1.49. The minimum absolute atomic E-state index is 0.406. The molecule has 0 saturated carbocycles. The molecule has 0 aliphatic carbocycles. The molecule has 0 unspecified atom stereocenters. The second-order valence-corrected chi connectivity index (χ2v) is 13.2. The van der Waals surface area contributed by atoms with Crippen molar-refractivity contribution in [2.45, 2.75) is 50.6 Å². The molecule has 1 N–H and O–H groups in total. The summed E-state index contributed by atoms with van der Waals surface area (Å²) >= 11 is -0.579. The van der Waals surface area contributed by atoms with Crippen molar-refractivity contribution in [1.82, 2.24) is 0 Å². The van der Waals surface area contributed by atoms with Crippen LogP contribution in [0.25, 0.3) is 0 Å². The van der Waals surface area contributed by atoms with E-state index in [4.69, 9.17) is 4.74 Å². The second kappa shape index (κ2) is 6.16. The third-order valence-corrected chi connectivity index (χ3v) is 5.97. The van der Waals surface area contributed by atoms with Crippen molar-refractivity contribution in [3.8, 4) is 0 Å². The van der Waals surface area contributed by atoms with E-state index in [-0.39, 0.29) is 0 Å². The summed E-state index contributed by atoms with van der Waals surface area (Å²) < 4.78 is 7.08. The van der Waals surface area contributed by atoms with Crippen LogP contribution in [0.3, 0.4) is 0 Å². The molecule has 0 aliphatic rings.